The van der Waals surface area contributed by atoms with Crippen molar-refractivity contribution in [3.63, 3.8) is 0 Å². The summed E-state index contributed by atoms with van der Waals surface area (Å²) in [6.07, 6.45) is 2.35. The van der Waals surface area contributed by atoms with Crippen LogP contribution in [0.3, 0.4) is 0 Å². The standard InChI is InChI=1S/C36H41N3O6S/c1-3-4-13-31-25-38(20-21-39(31)46(43,44)32-17-16-28-10-6-8-12-30(28)24-32)36(42)33(37-34(40)18-19-35(41)45-2)23-26-14-15-27-9-5-7-11-29(27)22-26/h5-12,14-17,22,24,31,33H,3-4,13,18-21,23,25H2,1-2H3,(H,37,40)/t31?,33-/m0/s1. The van der Waals surface area contributed by atoms with Gasteiger partial charge in [-0.1, -0.05) is 92.6 Å². The number of unbranched alkanes of at least 4 members (excludes halogenated alkanes) is 1. The first-order valence-corrected chi connectivity index (χ1v) is 17.3. The number of sulfonamides is 1. The van der Waals surface area contributed by atoms with Crippen LogP contribution in [0.4, 0.5) is 0 Å². The van der Waals surface area contributed by atoms with Crippen molar-refractivity contribution in [2.45, 2.75) is 62.4 Å². The monoisotopic (exact) mass is 643 g/mol. The van der Waals surface area contributed by atoms with Crippen LogP contribution >= 0.6 is 0 Å². The summed E-state index contributed by atoms with van der Waals surface area (Å²) in [5.41, 5.74) is 0.880. The van der Waals surface area contributed by atoms with Gasteiger partial charge in [0.1, 0.15) is 6.04 Å². The second-order valence-corrected chi connectivity index (χ2v) is 13.7. The maximum atomic E-state index is 14.1. The van der Waals surface area contributed by atoms with E-state index >= 15 is 0 Å². The predicted molar refractivity (Wildman–Crippen MR) is 179 cm³/mol. The molecule has 2 amide bonds. The molecule has 1 aliphatic heterocycles. The number of carbonyl (C=O) groups is 3. The molecule has 4 aromatic carbocycles. The quantitative estimate of drug-likeness (QED) is 0.216. The average molecular weight is 644 g/mol. The lowest BCUT2D eigenvalue weighted by atomic mass is 9.99. The van der Waals surface area contributed by atoms with Crippen LogP contribution in [-0.4, -0.2) is 74.2 Å². The molecule has 0 spiro atoms. The number of hydrogen-bond acceptors (Lipinski definition) is 6. The second-order valence-electron chi connectivity index (χ2n) is 11.8. The number of amides is 2. The zero-order valence-corrected chi connectivity index (χ0v) is 27.2. The van der Waals surface area contributed by atoms with Crippen molar-refractivity contribution < 1.29 is 27.5 Å². The first-order chi connectivity index (χ1) is 22.2. The van der Waals surface area contributed by atoms with Gasteiger partial charge in [-0.25, -0.2) is 8.42 Å². The van der Waals surface area contributed by atoms with Crippen LogP contribution in [0.15, 0.2) is 89.8 Å². The highest BCUT2D eigenvalue weighted by atomic mass is 32.2. The summed E-state index contributed by atoms with van der Waals surface area (Å²) in [4.78, 5) is 40.6. The highest BCUT2D eigenvalue weighted by molar-refractivity contribution is 7.89. The number of nitrogens with zero attached hydrogens (tertiary/aromatic N) is 2. The fourth-order valence-electron chi connectivity index (χ4n) is 6.10. The minimum absolute atomic E-state index is 0.0936. The maximum absolute atomic E-state index is 14.1. The molecule has 4 aromatic rings. The Kier molecular flexibility index (Phi) is 10.7. The molecule has 1 heterocycles. The van der Waals surface area contributed by atoms with Crippen molar-refractivity contribution in [3.05, 3.63) is 90.5 Å². The number of esters is 1. The molecule has 0 aliphatic carbocycles. The van der Waals surface area contributed by atoms with E-state index in [-0.39, 0.29) is 49.7 Å². The van der Waals surface area contributed by atoms with E-state index in [4.69, 9.17) is 0 Å². The molecule has 0 saturated carbocycles. The third-order valence-corrected chi connectivity index (χ3v) is 10.6. The van der Waals surface area contributed by atoms with Crippen molar-refractivity contribution in [1.29, 1.82) is 0 Å². The van der Waals surface area contributed by atoms with Crippen molar-refractivity contribution in [1.82, 2.24) is 14.5 Å². The van der Waals surface area contributed by atoms with Gasteiger partial charge in [-0.05, 0) is 45.7 Å². The van der Waals surface area contributed by atoms with Crippen LogP contribution < -0.4 is 5.32 Å². The van der Waals surface area contributed by atoms with Gasteiger partial charge in [0.2, 0.25) is 21.8 Å². The smallest absolute Gasteiger partial charge is 0.306 e. The molecular weight excluding hydrogens is 602 g/mol. The Hall–Kier alpha value is -4.28. The Labute approximate surface area is 270 Å². The molecule has 5 rings (SSSR count). The predicted octanol–water partition coefficient (Wildman–Crippen LogP) is 5.07. The van der Waals surface area contributed by atoms with Gasteiger partial charge in [-0.2, -0.15) is 4.31 Å². The number of ether oxygens (including phenoxy) is 1. The van der Waals surface area contributed by atoms with Gasteiger partial charge in [-0.3, -0.25) is 14.4 Å². The summed E-state index contributed by atoms with van der Waals surface area (Å²) < 4.78 is 34.2. The summed E-state index contributed by atoms with van der Waals surface area (Å²) in [6.45, 7) is 2.62. The number of nitrogens with one attached hydrogen (secondary N) is 1. The van der Waals surface area contributed by atoms with Crippen LogP contribution in [0.5, 0.6) is 0 Å². The van der Waals surface area contributed by atoms with Gasteiger partial charge in [0.15, 0.2) is 0 Å². The minimum atomic E-state index is -3.83. The fourth-order valence-corrected chi connectivity index (χ4v) is 7.77. The van der Waals surface area contributed by atoms with Gasteiger partial charge in [0.25, 0.3) is 0 Å². The normalized spacial score (nSPS) is 16.3. The van der Waals surface area contributed by atoms with Crippen LogP contribution in [0.25, 0.3) is 21.5 Å². The molecule has 1 fully saturated rings. The summed E-state index contributed by atoms with van der Waals surface area (Å²) >= 11 is 0. The lowest BCUT2D eigenvalue weighted by molar-refractivity contribution is -0.142. The fraction of sp³-hybridized carbons (Fsp3) is 0.361. The van der Waals surface area contributed by atoms with Crippen molar-refractivity contribution in [3.8, 4) is 0 Å². The number of fused-ring (bicyclic) bond motifs is 2. The van der Waals surface area contributed by atoms with Gasteiger partial charge in [0, 0.05) is 38.5 Å². The van der Waals surface area contributed by atoms with Gasteiger partial charge in [-0.15, -0.1) is 0 Å². The molecule has 1 unspecified atom stereocenters. The Morgan fingerprint density at radius 1 is 0.870 bits per heavy atom. The second kappa shape index (κ2) is 14.9. The summed E-state index contributed by atoms with van der Waals surface area (Å²) in [7, 11) is -2.56. The largest absolute Gasteiger partial charge is 0.469 e. The van der Waals surface area contributed by atoms with E-state index in [9.17, 15) is 22.8 Å². The molecule has 10 heteroatoms. The number of hydrogen-bond donors (Lipinski definition) is 1. The van der Waals surface area contributed by atoms with Crippen molar-refractivity contribution in [2.75, 3.05) is 26.7 Å². The maximum Gasteiger partial charge on any atom is 0.306 e. The summed E-state index contributed by atoms with van der Waals surface area (Å²) in [5, 5.41) is 6.77. The molecule has 1 aliphatic rings. The summed E-state index contributed by atoms with van der Waals surface area (Å²) in [6, 6.07) is 25.4. The Balaban J connectivity index is 1.38. The van der Waals surface area contributed by atoms with Gasteiger partial charge < -0.3 is 15.0 Å². The van der Waals surface area contributed by atoms with Crippen LogP contribution in [-0.2, 0) is 35.6 Å². The first-order valence-electron chi connectivity index (χ1n) is 15.8. The van der Waals surface area contributed by atoms with E-state index < -0.39 is 34.0 Å². The third kappa shape index (κ3) is 7.74. The molecule has 242 valence electrons. The van der Waals surface area contributed by atoms with Gasteiger partial charge in [0.05, 0.1) is 18.4 Å². The van der Waals surface area contributed by atoms with E-state index in [0.717, 1.165) is 39.9 Å². The number of piperazine rings is 1. The lowest BCUT2D eigenvalue weighted by Gasteiger charge is -2.41. The van der Waals surface area contributed by atoms with E-state index in [2.05, 4.69) is 17.0 Å². The number of benzene rings is 4. The number of carbonyl (C=O) groups excluding carboxylic acids is 3. The minimum Gasteiger partial charge on any atom is -0.469 e. The third-order valence-electron chi connectivity index (χ3n) is 8.63. The molecular formula is C36H41N3O6S. The van der Waals surface area contributed by atoms with Gasteiger partial charge >= 0.3 is 5.97 Å². The Morgan fingerprint density at radius 3 is 2.20 bits per heavy atom. The Morgan fingerprint density at radius 2 is 1.52 bits per heavy atom. The van der Waals surface area contributed by atoms with Crippen molar-refractivity contribution in [2.24, 2.45) is 0 Å². The highest BCUT2D eigenvalue weighted by Crippen LogP contribution is 2.27. The lowest BCUT2D eigenvalue weighted by Crippen LogP contribution is -2.60. The average Bonchev–Trinajstić information content (AvgIpc) is 3.08. The van der Waals surface area contributed by atoms with E-state index in [1.54, 1.807) is 21.3 Å². The van der Waals surface area contributed by atoms with Crippen LogP contribution in [0, 0.1) is 0 Å². The SMILES string of the molecule is CCCCC1CN(C(=O)[C@H](Cc2ccc3ccccc3c2)NC(=O)CCC(=O)OC)CCN1S(=O)(=O)c1ccc2ccccc2c1. The molecule has 46 heavy (non-hydrogen) atoms. The number of methoxy groups -OCH3 is 1. The molecule has 2 atom stereocenters. The molecule has 0 radical (unpaired) electrons. The molecule has 0 bridgehead atoms. The molecule has 1 N–H and O–H groups in total. The molecule has 9 nitrogen and oxygen atoms in total. The summed E-state index contributed by atoms with van der Waals surface area (Å²) in [5.74, 6) is -1.21. The first kappa shape index (κ1) is 33.1. The van der Waals surface area contributed by atoms with E-state index in [1.165, 1.54) is 7.11 Å². The van der Waals surface area contributed by atoms with E-state index in [0.29, 0.717) is 6.42 Å². The van der Waals surface area contributed by atoms with E-state index in [1.807, 2.05) is 72.8 Å². The number of rotatable bonds is 12. The van der Waals surface area contributed by atoms with Crippen LogP contribution in [0.1, 0.15) is 44.6 Å². The molecule has 1 saturated heterocycles. The topological polar surface area (TPSA) is 113 Å². The zero-order valence-electron chi connectivity index (χ0n) is 26.4. The van der Waals surface area contributed by atoms with Crippen LogP contribution in [0.2, 0.25) is 0 Å². The molecule has 0 aromatic heterocycles. The highest BCUT2D eigenvalue weighted by Gasteiger charge is 2.39. The Bertz CT molecular complexity index is 1830. The zero-order chi connectivity index (χ0) is 32.7. The van der Waals surface area contributed by atoms with Crippen molar-refractivity contribution >= 4 is 49.4 Å².